The van der Waals surface area contributed by atoms with Gasteiger partial charge in [-0.05, 0) is 22.0 Å². The Balaban J connectivity index is 3.23. The highest BCUT2D eigenvalue weighted by molar-refractivity contribution is 9.10. The summed E-state index contributed by atoms with van der Waals surface area (Å²) in [4.78, 5) is 11.1. The Kier molecular flexibility index (Phi) is 3.55. The van der Waals surface area contributed by atoms with E-state index in [1.165, 1.54) is 0 Å². The molecular formula is C8H4Br2F2O. The zero-order valence-electron chi connectivity index (χ0n) is 6.28. The average molecular weight is 314 g/mol. The zero-order chi connectivity index (χ0) is 10.0. The summed E-state index contributed by atoms with van der Waals surface area (Å²) in [5.74, 6) is -1.98. The minimum atomic E-state index is -0.842. The zero-order valence-corrected chi connectivity index (χ0v) is 9.45. The molecule has 0 aliphatic carbocycles. The first kappa shape index (κ1) is 10.8. The van der Waals surface area contributed by atoms with Crippen LogP contribution in [-0.4, -0.2) is 11.1 Å². The van der Waals surface area contributed by atoms with Gasteiger partial charge in [0.1, 0.15) is 11.6 Å². The van der Waals surface area contributed by atoms with Crippen molar-refractivity contribution in [1.29, 1.82) is 0 Å². The van der Waals surface area contributed by atoms with Crippen LogP contribution in [0.25, 0.3) is 0 Å². The Morgan fingerprint density at radius 3 is 2.46 bits per heavy atom. The summed E-state index contributed by atoms with van der Waals surface area (Å²) in [6, 6.07) is 1.81. The molecule has 0 N–H and O–H groups in total. The molecule has 0 saturated heterocycles. The summed E-state index contributed by atoms with van der Waals surface area (Å²) < 4.78 is 25.8. The molecule has 1 rings (SSSR count). The van der Waals surface area contributed by atoms with E-state index in [2.05, 4.69) is 31.9 Å². The molecule has 13 heavy (non-hydrogen) atoms. The van der Waals surface area contributed by atoms with Crippen LogP contribution in [0.1, 0.15) is 10.4 Å². The Labute approximate surface area is 90.4 Å². The van der Waals surface area contributed by atoms with E-state index in [9.17, 15) is 13.6 Å². The first-order chi connectivity index (χ1) is 6.06. The van der Waals surface area contributed by atoms with E-state index in [-0.39, 0.29) is 15.4 Å². The quantitative estimate of drug-likeness (QED) is 0.465. The van der Waals surface area contributed by atoms with Crippen LogP contribution in [0.4, 0.5) is 8.78 Å². The molecule has 0 amide bonds. The second kappa shape index (κ2) is 4.28. The van der Waals surface area contributed by atoms with Crippen LogP contribution in [0, 0.1) is 11.6 Å². The number of carbonyl (C=O) groups excluding carboxylic acids is 1. The van der Waals surface area contributed by atoms with Crippen molar-refractivity contribution in [2.24, 2.45) is 0 Å². The molecule has 1 aromatic rings. The van der Waals surface area contributed by atoms with Crippen LogP contribution < -0.4 is 0 Å². The van der Waals surface area contributed by atoms with Crippen molar-refractivity contribution in [3.05, 3.63) is 33.8 Å². The van der Waals surface area contributed by atoms with E-state index in [1.54, 1.807) is 0 Å². The molecule has 0 bridgehead atoms. The fourth-order valence-corrected chi connectivity index (χ4v) is 1.45. The molecular weight excluding hydrogens is 310 g/mol. The number of halogens is 4. The van der Waals surface area contributed by atoms with Crippen molar-refractivity contribution < 1.29 is 13.6 Å². The second-order valence-corrected chi connectivity index (χ2v) is 3.72. The first-order valence-electron chi connectivity index (χ1n) is 3.30. The second-order valence-electron chi connectivity index (χ2n) is 2.30. The summed E-state index contributed by atoms with van der Waals surface area (Å²) in [7, 11) is 0. The lowest BCUT2D eigenvalue weighted by Crippen LogP contribution is -2.04. The minimum Gasteiger partial charge on any atom is -0.293 e. The van der Waals surface area contributed by atoms with Gasteiger partial charge in [0.15, 0.2) is 5.78 Å². The molecule has 1 nitrogen and oxygen atoms in total. The molecule has 0 fully saturated rings. The van der Waals surface area contributed by atoms with Gasteiger partial charge in [-0.3, -0.25) is 4.79 Å². The Morgan fingerprint density at radius 2 is 1.92 bits per heavy atom. The summed E-state index contributed by atoms with van der Waals surface area (Å²) in [5.41, 5.74) is -0.120. The van der Waals surface area contributed by atoms with Gasteiger partial charge in [0, 0.05) is 6.07 Å². The SMILES string of the molecule is O=C(CBr)c1cc(Br)c(F)cc1F. The minimum absolute atomic E-state index is 0.0159. The third-order valence-electron chi connectivity index (χ3n) is 1.43. The first-order valence-corrected chi connectivity index (χ1v) is 5.21. The smallest absolute Gasteiger partial charge is 0.176 e. The molecule has 0 unspecified atom stereocenters. The molecule has 0 saturated carbocycles. The van der Waals surface area contributed by atoms with Gasteiger partial charge in [-0.2, -0.15) is 0 Å². The fourth-order valence-electron chi connectivity index (χ4n) is 0.808. The van der Waals surface area contributed by atoms with Gasteiger partial charge in [-0.25, -0.2) is 8.78 Å². The van der Waals surface area contributed by atoms with Gasteiger partial charge < -0.3 is 0 Å². The molecule has 0 spiro atoms. The summed E-state index contributed by atoms with van der Waals surface area (Å²) >= 11 is 5.77. The maximum absolute atomic E-state index is 13.0. The van der Waals surface area contributed by atoms with Crippen LogP contribution in [-0.2, 0) is 0 Å². The highest BCUT2D eigenvalue weighted by Crippen LogP contribution is 2.20. The van der Waals surface area contributed by atoms with Gasteiger partial charge in [0.2, 0.25) is 0 Å². The lowest BCUT2D eigenvalue weighted by molar-refractivity contribution is 0.102. The third kappa shape index (κ3) is 2.34. The number of ketones is 1. The van der Waals surface area contributed by atoms with Crippen molar-refractivity contribution in [3.63, 3.8) is 0 Å². The fraction of sp³-hybridized carbons (Fsp3) is 0.125. The van der Waals surface area contributed by atoms with Crippen LogP contribution in [0.5, 0.6) is 0 Å². The molecule has 0 atom stereocenters. The maximum atomic E-state index is 13.0. The number of hydrogen-bond acceptors (Lipinski definition) is 1. The molecule has 1 aromatic carbocycles. The van der Waals surface area contributed by atoms with Crippen molar-refractivity contribution in [2.45, 2.75) is 0 Å². The number of hydrogen-bond donors (Lipinski definition) is 0. The topological polar surface area (TPSA) is 17.1 Å². The standard InChI is InChI=1S/C8H4Br2F2O/c9-3-8(13)4-1-5(10)7(12)2-6(4)11/h1-2H,3H2. The molecule has 0 aromatic heterocycles. The lowest BCUT2D eigenvalue weighted by atomic mass is 10.1. The van der Waals surface area contributed by atoms with Crippen molar-refractivity contribution in [1.82, 2.24) is 0 Å². The summed E-state index contributed by atoms with van der Waals surface area (Å²) in [6.45, 7) is 0. The summed E-state index contributed by atoms with van der Waals surface area (Å²) in [6.07, 6.45) is 0. The van der Waals surface area contributed by atoms with Crippen LogP contribution in [0.2, 0.25) is 0 Å². The Morgan fingerprint density at radius 1 is 1.31 bits per heavy atom. The van der Waals surface area contributed by atoms with E-state index >= 15 is 0 Å². The number of Topliss-reactive ketones (excluding diaryl/α,β-unsaturated/α-hetero) is 1. The lowest BCUT2D eigenvalue weighted by Gasteiger charge is -2.01. The van der Waals surface area contributed by atoms with Gasteiger partial charge >= 0.3 is 0 Å². The van der Waals surface area contributed by atoms with Crippen LogP contribution in [0.3, 0.4) is 0 Å². The normalized spacial score (nSPS) is 10.2. The van der Waals surface area contributed by atoms with Crippen molar-refractivity contribution in [2.75, 3.05) is 5.33 Å². The average Bonchev–Trinajstić information content (AvgIpc) is 2.10. The number of rotatable bonds is 2. The molecule has 0 radical (unpaired) electrons. The van der Waals surface area contributed by atoms with Crippen molar-refractivity contribution in [3.8, 4) is 0 Å². The molecule has 5 heteroatoms. The predicted molar refractivity (Wildman–Crippen MR) is 52.2 cm³/mol. The third-order valence-corrected chi connectivity index (χ3v) is 2.55. The molecule has 70 valence electrons. The molecule has 0 aliphatic rings. The maximum Gasteiger partial charge on any atom is 0.176 e. The van der Waals surface area contributed by atoms with E-state index in [1.807, 2.05) is 0 Å². The van der Waals surface area contributed by atoms with Crippen LogP contribution in [0.15, 0.2) is 16.6 Å². The van der Waals surface area contributed by atoms with Gasteiger partial charge in [0.05, 0.1) is 15.4 Å². The summed E-state index contributed by atoms with van der Waals surface area (Å²) in [5, 5.41) is 0.0159. The monoisotopic (exact) mass is 312 g/mol. The van der Waals surface area contributed by atoms with E-state index < -0.39 is 17.4 Å². The Hall–Kier alpha value is -0.290. The molecule has 0 heterocycles. The molecule has 0 aliphatic heterocycles. The highest BCUT2D eigenvalue weighted by atomic mass is 79.9. The predicted octanol–water partition coefficient (Wildman–Crippen LogP) is 3.30. The van der Waals surface area contributed by atoms with E-state index in [4.69, 9.17) is 0 Å². The van der Waals surface area contributed by atoms with Crippen molar-refractivity contribution >= 4 is 37.6 Å². The van der Waals surface area contributed by atoms with Crippen LogP contribution >= 0.6 is 31.9 Å². The van der Waals surface area contributed by atoms with Gasteiger partial charge in [-0.1, -0.05) is 15.9 Å². The Bertz CT molecular complexity index is 352. The van der Waals surface area contributed by atoms with E-state index in [0.29, 0.717) is 6.07 Å². The van der Waals surface area contributed by atoms with Gasteiger partial charge in [-0.15, -0.1) is 0 Å². The number of carbonyl (C=O) groups is 1. The van der Waals surface area contributed by atoms with E-state index in [0.717, 1.165) is 6.07 Å². The highest BCUT2D eigenvalue weighted by Gasteiger charge is 2.13. The number of benzene rings is 1. The van der Waals surface area contributed by atoms with Gasteiger partial charge in [0.25, 0.3) is 0 Å². The largest absolute Gasteiger partial charge is 0.293 e. The number of alkyl halides is 1.